The molecule has 0 aromatic carbocycles. The molecule has 0 heterocycles. The molecule has 0 saturated heterocycles. The zero-order valence-corrected chi connectivity index (χ0v) is 13.2. The molecule has 0 spiro atoms. The number of hydrogen-bond donors (Lipinski definition) is 0. The maximum atomic E-state index is 2.49. The van der Waals surface area contributed by atoms with E-state index in [1.54, 1.807) is 0 Å². The molecule has 0 atom stereocenters. The second-order valence-corrected chi connectivity index (χ2v) is 6.19. The SMILES string of the molecule is CCC/C=C/C1CCC(CC/C=C/CCCC)CC1. The Kier molecular flexibility index (Phi) is 9.85. The third kappa shape index (κ3) is 8.29. The molecule has 0 unspecified atom stereocenters. The van der Waals surface area contributed by atoms with Crippen molar-refractivity contribution in [2.24, 2.45) is 11.8 Å². The van der Waals surface area contributed by atoms with Gasteiger partial charge in [0.15, 0.2) is 0 Å². The Labute approximate surface area is 121 Å². The summed E-state index contributed by atoms with van der Waals surface area (Å²) >= 11 is 0. The minimum absolute atomic E-state index is 0.892. The Hall–Kier alpha value is -0.520. The summed E-state index contributed by atoms with van der Waals surface area (Å²) in [4.78, 5) is 0. The molecular weight excluding hydrogens is 228 g/mol. The van der Waals surface area contributed by atoms with Gasteiger partial charge in [-0.3, -0.25) is 0 Å². The minimum atomic E-state index is 0.892. The molecule has 0 aromatic rings. The smallest absolute Gasteiger partial charge is 0.0233 e. The molecule has 0 heteroatoms. The summed E-state index contributed by atoms with van der Waals surface area (Å²) in [7, 11) is 0. The number of allylic oxidation sites excluding steroid dienone is 4. The van der Waals surface area contributed by atoms with E-state index in [9.17, 15) is 0 Å². The average molecular weight is 262 g/mol. The molecule has 1 saturated carbocycles. The molecule has 0 nitrogen and oxygen atoms in total. The van der Waals surface area contributed by atoms with Crippen molar-refractivity contribution in [2.45, 2.75) is 84.5 Å². The van der Waals surface area contributed by atoms with Gasteiger partial charge in [0.05, 0.1) is 0 Å². The van der Waals surface area contributed by atoms with E-state index in [4.69, 9.17) is 0 Å². The summed E-state index contributed by atoms with van der Waals surface area (Å²) in [5.41, 5.74) is 0. The summed E-state index contributed by atoms with van der Waals surface area (Å²) < 4.78 is 0. The fraction of sp³-hybridized carbons (Fsp3) is 0.789. The summed E-state index contributed by atoms with van der Waals surface area (Å²) in [5.74, 6) is 1.90. The molecule has 1 fully saturated rings. The van der Waals surface area contributed by atoms with Crippen molar-refractivity contribution >= 4 is 0 Å². The number of rotatable bonds is 9. The highest BCUT2D eigenvalue weighted by Crippen LogP contribution is 2.32. The summed E-state index contributed by atoms with van der Waals surface area (Å²) in [6.45, 7) is 4.52. The molecule has 0 radical (unpaired) electrons. The van der Waals surface area contributed by atoms with Crippen LogP contribution in [0.5, 0.6) is 0 Å². The zero-order valence-electron chi connectivity index (χ0n) is 13.2. The zero-order chi connectivity index (χ0) is 13.8. The first-order valence-electron chi connectivity index (χ1n) is 8.68. The Bertz CT molecular complexity index is 241. The highest BCUT2D eigenvalue weighted by Gasteiger charge is 2.18. The van der Waals surface area contributed by atoms with Crippen molar-refractivity contribution < 1.29 is 0 Å². The lowest BCUT2D eigenvalue weighted by Crippen LogP contribution is -2.12. The van der Waals surface area contributed by atoms with Crippen LogP contribution in [-0.2, 0) is 0 Å². The Morgan fingerprint density at radius 3 is 2.21 bits per heavy atom. The summed E-state index contributed by atoms with van der Waals surface area (Å²) in [6.07, 6.45) is 24.7. The van der Waals surface area contributed by atoms with Crippen molar-refractivity contribution in [1.29, 1.82) is 0 Å². The van der Waals surface area contributed by atoms with Crippen LogP contribution in [-0.4, -0.2) is 0 Å². The third-order valence-corrected chi connectivity index (χ3v) is 4.39. The van der Waals surface area contributed by atoms with Gasteiger partial charge in [-0.2, -0.15) is 0 Å². The van der Waals surface area contributed by atoms with Crippen molar-refractivity contribution in [3.05, 3.63) is 24.3 Å². The van der Waals surface area contributed by atoms with E-state index in [2.05, 4.69) is 38.2 Å². The third-order valence-electron chi connectivity index (χ3n) is 4.39. The van der Waals surface area contributed by atoms with E-state index in [0.717, 1.165) is 11.8 Å². The molecular formula is C19H34. The average Bonchev–Trinajstić information content (AvgIpc) is 2.44. The molecule has 0 aliphatic heterocycles. The monoisotopic (exact) mass is 262 g/mol. The van der Waals surface area contributed by atoms with Crippen LogP contribution in [0.4, 0.5) is 0 Å². The Morgan fingerprint density at radius 1 is 0.789 bits per heavy atom. The van der Waals surface area contributed by atoms with Crippen LogP contribution >= 0.6 is 0 Å². The standard InChI is InChI=1S/C19H34/c1-3-5-7-8-9-11-13-19-16-14-18(15-17-19)12-10-6-4-2/h8-10,12,18-19H,3-7,11,13-17H2,1-2H3/b9-8+,12-10+. The first-order valence-corrected chi connectivity index (χ1v) is 8.68. The molecule has 110 valence electrons. The molecule has 0 amide bonds. The van der Waals surface area contributed by atoms with Gasteiger partial charge < -0.3 is 0 Å². The molecule has 0 bridgehead atoms. The molecule has 19 heavy (non-hydrogen) atoms. The number of unbranched alkanes of at least 4 members (excludes halogenated alkanes) is 3. The van der Waals surface area contributed by atoms with Gasteiger partial charge in [-0.15, -0.1) is 0 Å². The quantitative estimate of drug-likeness (QED) is 0.321. The van der Waals surface area contributed by atoms with Crippen molar-refractivity contribution in [3.8, 4) is 0 Å². The minimum Gasteiger partial charge on any atom is -0.0885 e. The molecule has 0 aromatic heterocycles. The van der Waals surface area contributed by atoms with E-state index >= 15 is 0 Å². The van der Waals surface area contributed by atoms with Crippen molar-refractivity contribution in [3.63, 3.8) is 0 Å². The van der Waals surface area contributed by atoms with Gasteiger partial charge in [0.2, 0.25) is 0 Å². The van der Waals surface area contributed by atoms with Crippen LogP contribution in [0.15, 0.2) is 24.3 Å². The summed E-state index contributed by atoms with van der Waals surface area (Å²) in [5, 5.41) is 0. The van der Waals surface area contributed by atoms with E-state index in [-0.39, 0.29) is 0 Å². The fourth-order valence-electron chi connectivity index (χ4n) is 3.01. The topological polar surface area (TPSA) is 0 Å². The van der Waals surface area contributed by atoms with E-state index in [1.165, 1.54) is 70.6 Å². The molecule has 1 rings (SSSR count). The van der Waals surface area contributed by atoms with Crippen LogP contribution in [0, 0.1) is 11.8 Å². The van der Waals surface area contributed by atoms with Crippen LogP contribution in [0.25, 0.3) is 0 Å². The largest absolute Gasteiger partial charge is 0.0885 e. The van der Waals surface area contributed by atoms with Gasteiger partial charge in [-0.05, 0) is 63.2 Å². The first-order chi connectivity index (χ1) is 9.36. The molecule has 1 aliphatic carbocycles. The summed E-state index contributed by atoms with van der Waals surface area (Å²) in [6, 6.07) is 0. The van der Waals surface area contributed by atoms with Crippen molar-refractivity contribution in [1.82, 2.24) is 0 Å². The highest BCUT2D eigenvalue weighted by atomic mass is 14.2. The molecule has 1 aliphatic rings. The normalized spacial score (nSPS) is 24.5. The van der Waals surface area contributed by atoms with Gasteiger partial charge in [-0.25, -0.2) is 0 Å². The lowest BCUT2D eigenvalue weighted by molar-refractivity contribution is 0.297. The first kappa shape index (κ1) is 16.5. The van der Waals surface area contributed by atoms with Gasteiger partial charge in [0.25, 0.3) is 0 Å². The van der Waals surface area contributed by atoms with Crippen LogP contribution in [0.1, 0.15) is 84.5 Å². The van der Waals surface area contributed by atoms with Crippen LogP contribution < -0.4 is 0 Å². The van der Waals surface area contributed by atoms with E-state index < -0.39 is 0 Å². The molecule has 0 N–H and O–H groups in total. The lowest BCUT2D eigenvalue weighted by atomic mass is 9.80. The van der Waals surface area contributed by atoms with E-state index in [1.807, 2.05) is 0 Å². The Morgan fingerprint density at radius 2 is 1.53 bits per heavy atom. The van der Waals surface area contributed by atoms with E-state index in [0.29, 0.717) is 0 Å². The van der Waals surface area contributed by atoms with Gasteiger partial charge in [-0.1, -0.05) is 57.4 Å². The van der Waals surface area contributed by atoms with Crippen LogP contribution in [0.2, 0.25) is 0 Å². The fourth-order valence-corrected chi connectivity index (χ4v) is 3.01. The second kappa shape index (κ2) is 11.3. The maximum absolute atomic E-state index is 2.49. The van der Waals surface area contributed by atoms with Gasteiger partial charge in [0, 0.05) is 0 Å². The highest BCUT2D eigenvalue weighted by molar-refractivity contribution is 4.91. The van der Waals surface area contributed by atoms with Crippen molar-refractivity contribution in [2.75, 3.05) is 0 Å². The predicted molar refractivity (Wildman–Crippen MR) is 87.4 cm³/mol. The van der Waals surface area contributed by atoms with Gasteiger partial charge >= 0.3 is 0 Å². The second-order valence-electron chi connectivity index (χ2n) is 6.19. The predicted octanol–water partition coefficient (Wildman–Crippen LogP) is 6.68. The lowest BCUT2D eigenvalue weighted by Gasteiger charge is -2.26. The van der Waals surface area contributed by atoms with Crippen LogP contribution in [0.3, 0.4) is 0 Å². The maximum Gasteiger partial charge on any atom is -0.0233 e. The Balaban J connectivity index is 2.05. The number of hydrogen-bond acceptors (Lipinski definition) is 0. The van der Waals surface area contributed by atoms with Gasteiger partial charge in [0.1, 0.15) is 0 Å².